The van der Waals surface area contributed by atoms with E-state index in [2.05, 4.69) is 0 Å². The molecule has 0 bridgehead atoms. The van der Waals surface area contributed by atoms with Crippen LogP contribution in [0.1, 0.15) is 51.2 Å². The molecule has 2 heterocycles. The number of ether oxygens (including phenoxy) is 2. The van der Waals surface area contributed by atoms with Crippen molar-refractivity contribution < 1.29 is 31.9 Å². The van der Waals surface area contributed by atoms with Crippen molar-refractivity contribution in [2.45, 2.75) is 64.7 Å². The smallest absolute Gasteiger partial charge is 0.410 e. The van der Waals surface area contributed by atoms with Crippen LogP contribution in [0.2, 0.25) is 0 Å². The Balaban J connectivity index is 1.66. The number of halogens is 1. The highest BCUT2D eigenvalue weighted by Crippen LogP contribution is 2.38. The molecule has 0 saturated carbocycles. The number of piperidine rings is 1. The normalized spacial score (nSPS) is 19.5. The number of hydrogen-bond acceptors (Lipinski definition) is 6. The van der Waals surface area contributed by atoms with Crippen molar-refractivity contribution in [2.24, 2.45) is 0 Å². The average molecular weight is 534 g/mol. The molecule has 200 valence electrons. The summed E-state index contributed by atoms with van der Waals surface area (Å²) >= 11 is 0. The number of amides is 2. The van der Waals surface area contributed by atoms with Gasteiger partial charge in [0.2, 0.25) is 0 Å². The zero-order chi connectivity index (χ0) is 26.8. The van der Waals surface area contributed by atoms with E-state index in [0.29, 0.717) is 17.3 Å². The van der Waals surface area contributed by atoms with Crippen LogP contribution < -0.4 is 13.8 Å². The quantitative estimate of drug-likeness (QED) is 0.604. The van der Waals surface area contributed by atoms with Crippen LogP contribution >= 0.6 is 0 Å². The molecule has 1 N–H and O–H groups in total. The highest BCUT2D eigenvalue weighted by molar-refractivity contribution is 7.92. The second kappa shape index (κ2) is 10.6. The Morgan fingerprint density at radius 1 is 1.14 bits per heavy atom. The van der Waals surface area contributed by atoms with Crippen molar-refractivity contribution in [3.05, 3.63) is 59.4 Å². The van der Waals surface area contributed by atoms with Crippen LogP contribution in [-0.4, -0.2) is 50.1 Å². The van der Waals surface area contributed by atoms with E-state index in [4.69, 9.17) is 9.47 Å². The van der Waals surface area contributed by atoms with Crippen LogP contribution in [0.15, 0.2) is 42.5 Å². The summed E-state index contributed by atoms with van der Waals surface area (Å²) in [5, 5.41) is 0. The molecule has 0 radical (unpaired) electrons. The predicted molar refractivity (Wildman–Crippen MR) is 136 cm³/mol. The zero-order valence-electron chi connectivity index (χ0n) is 21.2. The van der Waals surface area contributed by atoms with Gasteiger partial charge in [-0.2, -0.15) is 8.42 Å². The van der Waals surface area contributed by atoms with Crippen molar-refractivity contribution in [3.8, 4) is 5.75 Å². The van der Waals surface area contributed by atoms with E-state index in [1.54, 1.807) is 31.7 Å². The third kappa shape index (κ3) is 6.33. The first kappa shape index (κ1) is 26.7. The summed E-state index contributed by atoms with van der Waals surface area (Å²) in [6, 6.07) is 11.9. The number of hydrogen-bond donors (Lipinski definition) is 1. The monoisotopic (exact) mass is 533 g/mol. The minimum atomic E-state index is -4.28. The Morgan fingerprint density at radius 2 is 1.86 bits per heavy atom. The Kier molecular flexibility index (Phi) is 7.63. The summed E-state index contributed by atoms with van der Waals surface area (Å²) in [4.78, 5) is 26.4. The van der Waals surface area contributed by atoms with Crippen LogP contribution in [0.3, 0.4) is 0 Å². The molecule has 9 nitrogen and oxygen atoms in total. The van der Waals surface area contributed by atoms with Gasteiger partial charge in [-0.25, -0.2) is 18.2 Å². The van der Waals surface area contributed by atoms with E-state index < -0.39 is 40.2 Å². The maximum atomic E-state index is 16.1. The number of nitrogens with one attached hydrogen (secondary N) is 1. The Labute approximate surface area is 216 Å². The fourth-order valence-electron chi connectivity index (χ4n) is 4.50. The largest absolute Gasteiger partial charge is 0.487 e. The summed E-state index contributed by atoms with van der Waals surface area (Å²) in [6.45, 7) is 5.38. The van der Waals surface area contributed by atoms with Gasteiger partial charge >= 0.3 is 16.3 Å². The Bertz CT molecular complexity index is 1260. The summed E-state index contributed by atoms with van der Waals surface area (Å²) in [6.07, 6.45) is 2.04. The summed E-state index contributed by atoms with van der Waals surface area (Å²) < 4.78 is 55.3. The highest BCUT2D eigenvalue weighted by atomic mass is 32.2. The third-order valence-electron chi connectivity index (χ3n) is 6.18. The fraction of sp³-hybridized carbons (Fsp3) is 0.462. The predicted octanol–water partition coefficient (Wildman–Crippen LogP) is 3.92. The molecule has 0 aromatic heterocycles. The lowest BCUT2D eigenvalue weighted by Gasteiger charge is -2.37. The number of carbonyl (C=O) groups excluding carboxylic acids is 2. The number of anilines is 1. The first-order chi connectivity index (χ1) is 17.4. The summed E-state index contributed by atoms with van der Waals surface area (Å²) in [7, 11) is -4.28. The van der Waals surface area contributed by atoms with Crippen molar-refractivity contribution >= 4 is 27.9 Å². The maximum absolute atomic E-state index is 16.1. The number of rotatable bonds is 6. The van der Waals surface area contributed by atoms with E-state index in [-0.39, 0.29) is 36.1 Å². The van der Waals surface area contributed by atoms with Crippen molar-refractivity contribution in [1.82, 2.24) is 9.62 Å². The molecule has 1 unspecified atom stereocenters. The summed E-state index contributed by atoms with van der Waals surface area (Å²) in [5.74, 6) is -1.57. The third-order valence-corrected chi connectivity index (χ3v) is 7.55. The molecule has 2 saturated heterocycles. The van der Waals surface area contributed by atoms with Crippen LogP contribution in [-0.2, 0) is 32.8 Å². The maximum Gasteiger partial charge on any atom is 0.410 e. The molecular formula is C26H32FN3O6S. The lowest BCUT2D eigenvalue weighted by molar-refractivity contribution is -0.117. The van der Waals surface area contributed by atoms with Crippen LogP contribution in [0.5, 0.6) is 5.75 Å². The molecule has 11 heteroatoms. The topological polar surface area (TPSA) is 105 Å². The van der Waals surface area contributed by atoms with Gasteiger partial charge in [0.15, 0.2) is 5.82 Å². The molecule has 2 fully saturated rings. The zero-order valence-corrected chi connectivity index (χ0v) is 22.0. The van der Waals surface area contributed by atoms with Crippen LogP contribution in [0.4, 0.5) is 14.9 Å². The average Bonchev–Trinajstić information content (AvgIpc) is 3.10. The van der Waals surface area contributed by atoms with Gasteiger partial charge in [-0.15, -0.1) is 0 Å². The number of benzene rings is 2. The molecule has 4 rings (SSSR count). The molecule has 0 spiro atoms. The van der Waals surface area contributed by atoms with Gasteiger partial charge < -0.3 is 14.4 Å². The first-order valence-corrected chi connectivity index (χ1v) is 13.7. The number of likely N-dealkylation sites (tertiary alicyclic amines) is 1. The minimum Gasteiger partial charge on any atom is -0.487 e. The molecule has 2 aromatic carbocycles. The second-order valence-corrected chi connectivity index (χ2v) is 11.8. The molecule has 2 aliphatic rings. The number of nitrogens with zero attached hydrogens (tertiary/aromatic N) is 2. The van der Waals surface area contributed by atoms with Gasteiger partial charge in [0.1, 0.15) is 30.2 Å². The lowest BCUT2D eigenvalue weighted by Crippen LogP contribution is -2.47. The summed E-state index contributed by atoms with van der Waals surface area (Å²) in [5.41, 5.74) is 0.0360. The molecule has 2 aromatic rings. The standard InChI is InChI=1S/C26H32FN3O6S/c1-26(2,3)36-25(32)29-14-8-7-11-20(29)15-19-12-13-21(35-17-18-9-5-4-6-10-18)24(23(19)27)30-16-22(31)28-37(30,33)34/h4-6,9-10,12-13,20H,7-8,11,14-17H2,1-3H3,(H,28,31). The van der Waals surface area contributed by atoms with E-state index in [9.17, 15) is 18.0 Å². The van der Waals surface area contributed by atoms with Gasteiger partial charge in [0, 0.05) is 12.6 Å². The molecule has 2 aliphatic heterocycles. The first-order valence-electron chi connectivity index (χ1n) is 12.3. The number of carbonyl (C=O) groups is 2. The Hall–Kier alpha value is -3.34. The molecule has 2 amide bonds. The van der Waals surface area contributed by atoms with E-state index in [1.165, 1.54) is 6.07 Å². The van der Waals surface area contributed by atoms with Crippen molar-refractivity contribution in [2.75, 3.05) is 17.4 Å². The van der Waals surface area contributed by atoms with Crippen LogP contribution in [0.25, 0.3) is 0 Å². The van der Waals surface area contributed by atoms with Gasteiger partial charge in [-0.1, -0.05) is 36.4 Å². The van der Waals surface area contributed by atoms with E-state index >= 15 is 4.39 Å². The van der Waals surface area contributed by atoms with Gasteiger partial charge in [0.25, 0.3) is 5.91 Å². The minimum absolute atomic E-state index is 0.00202. The highest BCUT2D eigenvalue weighted by Gasteiger charge is 2.39. The Morgan fingerprint density at radius 3 is 2.51 bits per heavy atom. The molecule has 37 heavy (non-hydrogen) atoms. The second-order valence-electron chi connectivity index (χ2n) is 10.2. The fourth-order valence-corrected chi connectivity index (χ4v) is 5.66. The van der Waals surface area contributed by atoms with Crippen LogP contribution in [0, 0.1) is 5.82 Å². The van der Waals surface area contributed by atoms with E-state index in [0.717, 1.165) is 18.4 Å². The lowest BCUT2D eigenvalue weighted by atomic mass is 9.95. The molecular weight excluding hydrogens is 501 g/mol. The molecule has 0 aliphatic carbocycles. The van der Waals surface area contributed by atoms with Crippen molar-refractivity contribution in [1.29, 1.82) is 0 Å². The van der Waals surface area contributed by atoms with Crippen molar-refractivity contribution in [3.63, 3.8) is 0 Å². The SMILES string of the molecule is CC(C)(C)OC(=O)N1CCCCC1Cc1ccc(OCc2ccccc2)c(N2CC(=O)NS2(=O)=O)c1F. The van der Waals surface area contributed by atoms with E-state index in [1.807, 2.05) is 35.1 Å². The van der Waals surface area contributed by atoms with Gasteiger partial charge in [0.05, 0.1) is 0 Å². The molecule has 1 atom stereocenters. The van der Waals surface area contributed by atoms with Gasteiger partial charge in [-0.05, 0) is 63.6 Å². The van der Waals surface area contributed by atoms with Gasteiger partial charge in [-0.3, -0.25) is 4.79 Å².